The third-order valence-corrected chi connectivity index (χ3v) is 3.51. The molecular formula is C18H16N8O. The molecule has 0 bridgehead atoms. The van der Waals surface area contributed by atoms with E-state index in [0.717, 1.165) is 0 Å². The van der Waals surface area contributed by atoms with Crippen molar-refractivity contribution >= 4 is 28.9 Å². The number of allylic oxidation sites excluding steroid dienone is 1. The van der Waals surface area contributed by atoms with Gasteiger partial charge in [-0.25, -0.2) is 14.5 Å². The summed E-state index contributed by atoms with van der Waals surface area (Å²) in [5.74, 6) is -0.0219. The minimum absolute atomic E-state index is 0.186. The first-order valence-corrected chi connectivity index (χ1v) is 7.90. The number of carbonyl (C=O) groups excluding carboxylic acids is 1. The van der Waals surface area contributed by atoms with Crippen LogP contribution in [0.25, 0.3) is 5.65 Å². The molecule has 0 saturated heterocycles. The van der Waals surface area contributed by atoms with Gasteiger partial charge >= 0.3 is 0 Å². The molecule has 0 atom stereocenters. The molecule has 2 aromatic heterocycles. The van der Waals surface area contributed by atoms with Crippen molar-refractivity contribution in [2.75, 3.05) is 5.73 Å². The van der Waals surface area contributed by atoms with Crippen molar-refractivity contribution in [2.24, 2.45) is 10.7 Å². The van der Waals surface area contributed by atoms with Gasteiger partial charge in [0.2, 0.25) is 0 Å². The molecule has 9 nitrogen and oxygen atoms in total. The van der Waals surface area contributed by atoms with Gasteiger partial charge in [0.1, 0.15) is 23.3 Å². The van der Waals surface area contributed by atoms with Gasteiger partial charge < -0.3 is 16.8 Å². The minimum atomic E-state index is -0.478. The fourth-order valence-corrected chi connectivity index (χ4v) is 2.33. The van der Waals surface area contributed by atoms with Gasteiger partial charge in [-0.2, -0.15) is 10.4 Å². The van der Waals surface area contributed by atoms with E-state index in [9.17, 15) is 10.1 Å². The molecule has 0 unspecified atom stereocenters. The predicted molar refractivity (Wildman–Crippen MR) is 101 cm³/mol. The quantitative estimate of drug-likeness (QED) is 0.476. The number of nitrogen functional groups attached to an aromatic ring is 1. The van der Waals surface area contributed by atoms with E-state index in [1.54, 1.807) is 43.5 Å². The number of nitriles is 1. The number of aliphatic imine (C=N–C) groups is 1. The first-order chi connectivity index (χ1) is 13.0. The highest BCUT2D eigenvalue weighted by atomic mass is 16.1. The molecular weight excluding hydrogens is 344 g/mol. The van der Waals surface area contributed by atoms with Gasteiger partial charge in [-0.1, -0.05) is 12.1 Å². The fraction of sp³-hybridized carbons (Fsp3) is 0.0556. The van der Waals surface area contributed by atoms with E-state index >= 15 is 0 Å². The van der Waals surface area contributed by atoms with Crippen molar-refractivity contribution in [3.63, 3.8) is 0 Å². The molecule has 0 aliphatic rings. The number of rotatable bonds is 3. The summed E-state index contributed by atoms with van der Waals surface area (Å²) in [6, 6.07) is 10.4. The second kappa shape index (κ2) is 7.37. The van der Waals surface area contributed by atoms with Crippen molar-refractivity contribution in [1.29, 1.82) is 5.26 Å². The topological polar surface area (TPSA) is 147 Å². The van der Waals surface area contributed by atoms with Crippen LogP contribution in [0.3, 0.4) is 0 Å². The standard InChI is InChI=1S/C18H16N8O/c1-11(20)8-16(23-14-5-3-2-4-12(14)9-19)25-18(27)13-10-22-26-7-6-15(21)24-17(13)26/h2-8,10H,20H2,1H3,(H2,21,24)(H,23,25,27). The highest BCUT2D eigenvalue weighted by Crippen LogP contribution is 2.18. The van der Waals surface area contributed by atoms with E-state index in [1.807, 2.05) is 0 Å². The number of para-hydroxylation sites is 1. The molecule has 5 N–H and O–H groups in total. The Bertz CT molecular complexity index is 1120. The number of benzene rings is 1. The molecule has 1 amide bonds. The molecule has 0 radical (unpaired) electrons. The lowest BCUT2D eigenvalue weighted by Crippen LogP contribution is -2.29. The van der Waals surface area contributed by atoms with Gasteiger partial charge in [-0.05, 0) is 31.2 Å². The van der Waals surface area contributed by atoms with Crippen LogP contribution >= 0.6 is 0 Å². The highest BCUT2D eigenvalue weighted by Gasteiger charge is 2.16. The molecule has 0 fully saturated rings. The van der Waals surface area contributed by atoms with Crippen molar-refractivity contribution in [3.8, 4) is 6.07 Å². The molecule has 3 aromatic rings. The summed E-state index contributed by atoms with van der Waals surface area (Å²) < 4.78 is 1.44. The molecule has 0 aliphatic heterocycles. The number of hydrogen-bond acceptors (Lipinski definition) is 7. The molecule has 0 spiro atoms. The largest absolute Gasteiger partial charge is 0.402 e. The predicted octanol–water partition coefficient (Wildman–Crippen LogP) is 1.51. The summed E-state index contributed by atoms with van der Waals surface area (Å²) in [6.07, 6.45) is 4.49. The summed E-state index contributed by atoms with van der Waals surface area (Å²) in [7, 11) is 0. The number of carbonyl (C=O) groups is 1. The fourth-order valence-electron chi connectivity index (χ4n) is 2.33. The molecule has 2 heterocycles. The van der Waals surface area contributed by atoms with Gasteiger partial charge in [0.15, 0.2) is 5.65 Å². The van der Waals surface area contributed by atoms with E-state index in [0.29, 0.717) is 22.6 Å². The number of hydrogen-bond donors (Lipinski definition) is 3. The highest BCUT2D eigenvalue weighted by molar-refractivity contribution is 6.13. The van der Waals surface area contributed by atoms with Crippen LogP contribution < -0.4 is 16.8 Å². The maximum absolute atomic E-state index is 12.7. The van der Waals surface area contributed by atoms with E-state index < -0.39 is 5.91 Å². The second-order valence-electron chi connectivity index (χ2n) is 5.65. The van der Waals surface area contributed by atoms with Crippen LogP contribution in [-0.4, -0.2) is 26.3 Å². The first-order valence-electron chi connectivity index (χ1n) is 7.90. The van der Waals surface area contributed by atoms with Gasteiger partial charge in [-0.15, -0.1) is 0 Å². The lowest BCUT2D eigenvalue weighted by molar-refractivity contribution is 0.0978. The third kappa shape index (κ3) is 3.91. The zero-order valence-electron chi connectivity index (χ0n) is 14.4. The maximum atomic E-state index is 12.7. The Morgan fingerprint density at radius 2 is 2.15 bits per heavy atom. The molecule has 9 heteroatoms. The van der Waals surface area contributed by atoms with Crippen LogP contribution in [-0.2, 0) is 0 Å². The maximum Gasteiger partial charge on any atom is 0.262 e. The number of anilines is 1. The number of amidine groups is 1. The Labute approximate surface area is 154 Å². The number of amides is 1. The minimum Gasteiger partial charge on any atom is -0.402 e. The zero-order valence-corrected chi connectivity index (χ0v) is 14.4. The zero-order chi connectivity index (χ0) is 19.4. The SMILES string of the molecule is CC(N)=CC(=Nc1ccccc1C#N)NC(=O)c1cnn2ccc(N)nc12. The van der Waals surface area contributed by atoms with Crippen LogP contribution in [0.5, 0.6) is 0 Å². The number of nitrogens with zero attached hydrogens (tertiary/aromatic N) is 5. The van der Waals surface area contributed by atoms with Crippen molar-refractivity contribution in [2.45, 2.75) is 6.92 Å². The summed E-state index contributed by atoms with van der Waals surface area (Å²) >= 11 is 0. The average molecular weight is 360 g/mol. The van der Waals surface area contributed by atoms with Crippen LogP contribution in [0.2, 0.25) is 0 Å². The van der Waals surface area contributed by atoms with Gasteiger partial charge in [0.05, 0.1) is 17.4 Å². The van der Waals surface area contributed by atoms with Gasteiger partial charge in [-0.3, -0.25) is 4.79 Å². The Morgan fingerprint density at radius 3 is 2.89 bits per heavy atom. The normalized spacial score (nSPS) is 12.0. The number of nitrogens with two attached hydrogens (primary N) is 2. The average Bonchev–Trinajstić information content (AvgIpc) is 3.04. The van der Waals surface area contributed by atoms with E-state index in [1.165, 1.54) is 16.8 Å². The molecule has 27 heavy (non-hydrogen) atoms. The van der Waals surface area contributed by atoms with E-state index in [-0.39, 0.29) is 17.2 Å². The van der Waals surface area contributed by atoms with Crippen molar-refractivity contribution in [1.82, 2.24) is 19.9 Å². The lowest BCUT2D eigenvalue weighted by Gasteiger charge is -2.06. The molecule has 134 valence electrons. The Morgan fingerprint density at radius 1 is 1.37 bits per heavy atom. The molecule has 1 aromatic carbocycles. The van der Waals surface area contributed by atoms with Crippen LogP contribution in [0.1, 0.15) is 22.8 Å². The Balaban J connectivity index is 1.98. The van der Waals surface area contributed by atoms with Crippen LogP contribution in [0, 0.1) is 11.3 Å². The molecule has 0 saturated carbocycles. The van der Waals surface area contributed by atoms with Crippen LogP contribution in [0.4, 0.5) is 11.5 Å². The second-order valence-corrected chi connectivity index (χ2v) is 5.65. The summed E-state index contributed by atoms with van der Waals surface area (Å²) in [5, 5.41) is 16.0. The lowest BCUT2D eigenvalue weighted by atomic mass is 10.2. The summed E-state index contributed by atoms with van der Waals surface area (Å²) in [6.45, 7) is 1.66. The van der Waals surface area contributed by atoms with Crippen molar-refractivity contribution in [3.05, 3.63) is 65.6 Å². The monoisotopic (exact) mass is 360 g/mol. The first kappa shape index (κ1) is 17.6. The molecule has 0 aliphatic carbocycles. The van der Waals surface area contributed by atoms with E-state index in [2.05, 4.69) is 26.5 Å². The number of fused-ring (bicyclic) bond motifs is 1. The molecule has 3 rings (SSSR count). The third-order valence-electron chi connectivity index (χ3n) is 3.51. The van der Waals surface area contributed by atoms with Crippen molar-refractivity contribution < 1.29 is 4.79 Å². The Hall–Kier alpha value is -4.19. The number of nitrogens with one attached hydrogen (secondary N) is 1. The van der Waals surface area contributed by atoms with Crippen LogP contribution in [0.15, 0.2) is 59.5 Å². The van der Waals surface area contributed by atoms with Gasteiger partial charge in [0, 0.05) is 11.9 Å². The van der Waals surface area contributed by atoms with E-state index in [4.69, 9.17) is 11.5 Å². The summed E-state index contributed by atoms with van der Waals surface area (Å²) in [4.78, 5) is 21.2. The Kier molecular flexibility index (Phi) is 4.81. The number of aromatic nitrogens is 3. The van der Waals surface area contributed by atoms with Gasteiger partial charge in [0.25, 0.3) is 5.91 Å². The smallest absolute Gasteiger partial charge is 0.262 e. The summed E-state index contributed by atoms with van der Waals surface area (Å²) in [5.41, 5.74) is 13.2.